The van der Waals surface area contributed by atoms with E-state index in [2.05, 4.69) is 0 Å². The molecule has 0 fully saturated rings. The lowest BCUT2D eigenvalue weighted by Gasteiger charge is -2.19. The molecular weight excluding hydrogens is 854 g/mol. The molecule has 5 aromatic rings. The van der Waals surface area contributed by atoms with Gasteiger partial charge in [0.1, 0.15) is 24.7 Å². The number of nitrogen functional groups attached to an aromatic ring is 2. The van der Waals surface area contributed by atoms with Crippen molar-refractivity contribution >= 4 is 35.5 Å². The summed E-state index contributed by atoms with van der Waals surface area (Å²) < 4.78 is 155. The van der Waals surface area contributed by atoms with Crippen molar-refractivity contribution < 1.29 is 72.4 Å². The van der Waals surface area contributed by atoms with Crippen LogP contribution in [-0.4, -0.2) is 37.5 Å². The molecule has 0 saturated heterocycles. The van der Waals surface area contributed by atoms with Gasteiger partial charge >= 0.3 is 36.5 Å². The van der Waals surface area contributed by atoms with Gasteiger partial charge in [-0.05, 0) is 101 Å². The molecule has 0 saturated carbocycles. The topological polar surface area (TPSA) is 123 Å². The van der Waals surface area contributed by atoms with Gasteiger partial charge in [0.2, 0.25) is 0 Å². The number of hydrogen-bond donors (Lipinski definition) is 2. The number of nitrogens with two attached hydrogens (primary N) is 2. The summed E-state index contributed by atoms with van der Waals surface area (Å²) in [6.45, 7) is -0.645. The second kappa shape index (κ2) is 19.8. The molecule has 0 atom stereocenters. The molecule has 0 aromatic heterocycles. The molecule has 4 N–H and O–H groups in total. The molecule has 0 unspecified atom stereocenters. The van der Waals surface area contributed by atoms with E-state index in [1.807, 2.05) is 0 Å². The summed E-state index contributed by atoms with van der Waals surface area (Å²) >= 11 is 0. The molecule has 0 spiro atoms. The van der Waals surface area contributed by atoms with Crippen molar-refractivity contribution in [2.24, 2.45) is 0 Å². The Kier molecular flexibility index (Phi) is 14.8. The third-order valence-corrected chi connectivity index (χ3v) is 8.87. The van der Waals surface area contributed by atoms with Gasteiger partial charge in [-0.25, -0.2) is 9.59 Å². The first-order chi connectivity index (χ1) is 29.5. The van der Waals surface area contributed by atoms with Crippen molar-refractivity contribution in [2.45, 2.75) is 43.3 Å². The van der Waals surface area contributed by atoms with E-state index in [0.29, 0.717) is 22.4 Å². The molecule has 5 rings (SSSR count). The monoisotopic (exact) mass is 890 g/mol. The molecule has 63 heavy (non-hydrogen) atoms. The molecule has 332 valence electrons. The zero-order chi connectivity index (χ0) is 46.0. The number of carbonyl (C=O) groups is 2. The minimum atomic E-state index is -4.50. The normalized spacial score (nSPS) is 12.5. The molecule has 8 nitrogen and oxygen atoms in total. The third-order valence-electron chi connectivity index (χ3n) is 8.87. The van der Waals surface area contributed by atoms with Crippen LogP contribution >= 0.6 is 0 Å². The van der Waals surface area contributed by atoms with Crippen LogP contribution in [-0.2, 0) is 44.1 Å². The first-order valence-corrected chi connectivity index (χ1v) is 18.5. The maximum Gasteiger partial charge on any atom is 0.426 e. The van der Waals surface area contributed by atoms with E-state index >= 15 is 0 Å². The van der Waals surface area contributed by atoms with Crippen molar-refractivity contribution in [3.63, 3.8) is 0 Å². The maximum atomic E-state index is 14.7. The molecule has 0 aliphatic carbocycles. The number of benzene rings is 5. The zero-order valence-electron chi connectivity index (χ0n) is 32.6. The zero-order valence-corrected chi connectivity index (χ0v) is 32.6. The summed E-state index contributed by atoms with van der Waals surface area (Å²) in [6.07, 6.45) is -14.5. The van der Waals surface area contributed by atoms with Crippen LogP contribution in [0, 0.1) is 0 Å². The second-order valence-corrected chi connectivity index (χ2v) is 13.9. The van der Waals surface area contributed by atoms with Crippen molar-refractivity contribution in [3.05, 3.63) is 166 Å². The van der Waals surface area contributed by atoms with E-state index in [4.69, 9.17) is 30.4 Å². The van der Waals surface area contributed by atoms with Gasteiger partial charge in [0.05, 0.1) is 29.9 Å². The predicted octanol–water partition coefficient (Wildman–Crippen LogP) is 10.9. The number of esters is 2. The minimum Gasteiger partial charge on any atom is -0.462 e. The number of carbonyl (C=O) groups excluding carboxylic acids is 2. The Morgan fingerprint density at radius 3 is 1.25 bits per heavy atom. The van der Waals surface area contributed by atoms with Crippen LogP contribution in [0.5, 0.6) is 11.5 Å². The summed E-state index contributed by atoms with van der Waals surface area (Å²) in [4.78, 5) is 25.4. The Hall–Kier alpha value is -6.98. The highest BCUT2D eigenvalue weighted by atomic mass is 19.4. The number of anilines is 2. The van der Waals surface area contributed by atoms with Crippen LogP contribution in [0.1, 0.15) is 44.9 Å². The molecule has 0 bridgehead atoms. The van der Waals surface area contributed by atoms with Crippen molar-refractivity contribution in [1.82, 2.24) is 0 Å². The van der Waals surface area contributed by atoms with Gasteiger partial charge in [-0.1, -0.05) is 54.6 Å². The van der Waals surface area contributed by atoms with Gasteiger partial charge in [-0.15, -0.1) is 0 Å². The van der Waals surface area contributed by atoms with E-state index in [1.54, 1.807) is 6.07 Å². The van der Waals surface area contributed by atoms with Gasteiger partial charge in [0.15, 0.2) is 0 Å². The number of rotatable bonds is 17. The molecule has 0 heterocycles. The predicted molar refractivity (Wildman–Crippen MR) is 212 cm³/mol. The molecule has 0 aliphatic rings. The van der Waals surface area contributed by atoms with E-state index in [-0.39, 0.29) is 41.5 Å². The molecule has 5 aromatic carbocycles. The molecule has 18 heteroatoms. The van der Waals surface area contributed by atoms with E-state index in [0.717, 1.165) is 60.7 Å². The molecule has 0 amide bonds. The second-order valence-electron chi connectivity index (χ2n) is 13.9. The SMILES string of the molecule is Nc1ccc(C(COC(=O)/C=C/c2ccc(OC(F)(F)c3ccc(CC(F)(F)F)cc3)cc2)COC(=O)/C=C/c2ccc(OC(F)(F)c3ccc(CC(F)(F)F)cc3)cc2)c(N)c1. The quantitative estimate of drug-likeness (QED) is 0.0409. The van der Waals surface area contributed by atoms with Crippen LogP contribution < -0.4 is 20.9 Å². The number of ether oxygens (including phenoxy) is 4. The fourth-order valence-corrected chi connectivity index (χ4v) is 5.79. The fourth-order valence-electron chi connectivity index (χ4n) is 5.79. The molecular formula is C45H36F10N2O6. The van der Waals surface area contributed by atoms with E-state index < -0.39 is 66.4 Å². The van der Waals surface area contributed by atoms with Gasteiger partial charge in [-0.2, -0.15) is 43.9 Å². The summed E-state index contributed by atoms with van der Waals surface area (Å²) in [5.74, 6) is -2.97. The summed E-state index contributed by atoms with van der Waals surface area (Å²) in [5, 5.41) is 0. The Morgan fingerprint density at radius 2 is 0.905 bits per heavy atom. The van der Waals surface area contributed by atoms with Crippen LogP contribution in [0.4, 0.5) is 55.3 Å². The minimum absolute atomic E-state index is 0.191. The fraction of sp³-hybridized carbons (Fsp3) is 0.200. The summed E-state index contributed by atoms with van der Waals surface area (Å²) in [5.41, 5.74) is 12.0. The standard InChI is InChI=1S/C45H36F10N2O6/c46-42(47,48)24-30-1-11-33(12-2-30)44(52,53)62-36-16-5-28(6-17-36)9-21-40(58)60-26-32(38-20-15-35(56)23-39(38)57)27-61-41(59)22-10-29-7-18-37(19-8-29)63-45(54,55)34-13-3-31(4-14-34)25-43(49,50)51/h1-23,32H,24-27,56-57H2/b21-9+,22-10+. The average molecular weight is 891 g/mol. The Labute approximate surface area is 353 Å². The van der Waals surface area contributed by atoms with Crippen molar-refractivity contribution in [3.8, 4) is 11.5 Å². The number of halogens is 10. The largest absolute Gasteiger partial charge is 0.462 e. The van der Waals surface area contributed by atoms with Gasteiger partial charge in [-0.3, -0.25) is 0 Å². The molecule has 0 radical (unpaired) electrons. The van der Waals surface area contributed by atoms with E-state index in [1.165, 1.54) is 72.8 Å². The lowest BCUT2D eigenvalue weighted by Crippen LogP contribution is -2.22. The lowest BCUT2D eigenvalue weighted by molar-refractivity contribution is -0.186. The Bertz CT molecular complexity index is 2240. The Morgan fingerprint density at radius 1 is 0.524 bits per heavy atom. The van der Waals surface area contributed by atoms with Crippen LogP contribution in [0.3, 0.4) is 0 Å². The van der Waals surface area contributed by atoms with Gasteiger partial charge < -0.3 is 30.4 Å². The van der Waals surface area contributed by atoms with Gasteiger partial charge in [0, 0.05) is 23.5 Å². The van der Waals surface area contributed by atoms with Crippen LogP contribution in [0.2, 0.25) is 0 Å². The first kappa shape index (κ1) is 47.1. The average Bonchev–Trinajstić information content (AvgIpc) is 3.19. The highest BCUT2D eigenvalue weighted by molar-refractivity contribution is 5.87. The number of alkyl halides is 10. The highest BCUT2D eigenvalue weighted by Gasteiger charge is 2.36. The Balaban J connectivity index is 1.13. The first-order valence-electron chi connectivity index (χ1n) is 18.5. The van der Waals surface area contributed by atoms with E-state index in [9.17, 15) is 53.5 Å². The summed E-state index contributed by atoms with van der Waals surface area (Å²) in [6, 6.07) is 21.9. The smallest absolute Gasteiger partial charge is 0.426 e. The number of hydrogen-bond acceptors (Lipinski definition) is 8. The van der Waals surface area contributed by atoms with Crippen molar-refractivity contribution in [2.75, 3.05) is 24.7 Å². The van der Waals surface area contributed by atoms with Crippen LogP contribution in [0.15, 0.2) is 127 Å². The maximum absolute atomic E-state index is 14.7. The third kappa shape index (κ3) is 14.9. The lowest BCUT2D eigenvalue weighted by atomic mass is 9.98. The molecule has 0 aliphatic heterocycles. The summed E-state index contributed by atoms with van der Waals surface area (Å²) in [7, 11) is 0. The highest BCUT2D eigenvalue weighted by Crippen LogP contribution is 2.34. The van der Waals surface area contributed by atoms with Crippen molar-refractivity contribution in [1.29, 1.82) is 0 Å². The van der Waals surface area contributed by atoms with Gasteiger partial charge in [0.25, 0.3) is 0 Å². The van der Waals surface area contributed by atoms with Crippen LogP contribution in [0.25, 0.3) is 12.2 Å².